The zero-order valence-electron chi connectivity index (χ0n) is 17.9. The molecule has 0 saturated heterocycles. The average molecular weight is 458 g/mol. The summed E-state index contributed by atoms with van der Waals surface area (Å²) in [5.74, 6) is -0.230. The highest BCUT2D eigenvalue weighted by Gasteiger charge is 2.17. The molecule has 31 heavy (non-hydrogen) atoms. The molecule has 0 radical (unpaired) electrons. The highest BCUT2D eigenvalue weighted by Crippen LogP contribution is 2.23. The van der Waals surface area contributed by atoms with Gasteiger partial charge >= 0.3 is 0 Å². The standard InChI is InChI=1S/C23H27N3O3S2/c1-23(2,3)20-4-6-21(7-5-20)31(28,29)26-10-8-22(27)25-14-17-12-19(15-24-13-17)18-9-11-30-16-18/h4-7,9,11-13,15-16,26H,8,10,14H2,1-3H3,(H,25,27). The van der Waals surface area contributed by atoms with Crippen LogP contribution in [0.3, 0.4) is 0 Å². The van der Waals surface area contributed by atoms with Gasteiger partial charge in [0.1, 0.15) is 0 Å². The lowest BCUT2D eigenvalue weighted by atomic mass is 9.87. The molecule has 0 saturated carbocycles. The third-order valence-corrected chi connectivity index (χ3v) is 6.97. The van der Waals surface area contributed by atoms with Crippen molar-refractivity contribution in [3.63, 3.8) is 0 Å². The molecule has 0 fully saturated rings. The maximum absolute atomic E-state index is 12.5. The van der Waals surface area contributed by atoms with Crippen LogP contribution >= 0.6 is 11.3 Å². The van der Waals surface area contributed by atoms with Crippen molar-refractivity contribution in [1.29, 1.82) is 0 Å². The largest absolute Gasteiger partial charge is 0.352 e. The van der Waals surface area contributed by atoms with Crippen LogP contribution in [0.25, 0.3) is 11.1 Å². The Morgan fingerprint density at radius 3 is 2.45 bits per heavy atom. The van der Waals surface area contributed by atoms with Crippen LogP contribution in [0, 0.1) is 0 Å². The van der Waals surface area contributed by atoms with E-state index in [9.17, 15) is 13.2 Å². The second-order valence-electron chi connectivity index (χ2n) is 8.29. The summed E-state index contributed by atoms with van der Waals surface area (Å²) in [4.78, 5) is 16.6. The van der Waals surface area contributed by atoms with E-state index >= 15 is 0 Å². The summed E-state index contributed by atoms with van der Waals surface area (Å²) in [6, 6.07) is 10.8. The molecule has 0 aliphatic rings. The summed E-state index contributed by atoms with van der Waals surface area (Å²) in [7, 11) is -3.66. The Balaban J connectivity index is 1.48. The van der Waals surface area contributed by atoms with Crippen molar-refractivity contribution >= 4 is 27.3 Å². The van der Waals surface area contributed by atoms with E-state index in [4.69, 9.17) is 0 Å². The van der Waals surface area contributed by atoms with Gasteiger partial charge in [-0.25, -0.2) is 13.1 Å². The number of aromatic nitrogens is 1. The van der Waals surface area contributed by atoms with E-state index in [2.05, 4.69) is 35.8 Å². The van der Waals surface area contributed by atoms with E-state index in [0.29, 0.717) is 6.54 Å². The molecule has 164 valence electrons. The number of sulfonamides is 1. The highest BCUT2D eigenvalue weighted by molar-refractivity contribution is 7.89. The van der Waals surface area contributed by atoms with Gasteiger partial charge in [0.2, 0.25) is 15.9 Å². The van der Waals surface area contributed by atoms with Crippen molar-refractivity contribution in [1.82, 2.24) is 15.0 Å². The van der Waals surface area contributed by atoms with Crippen LogP contribution in [0.2, 0.25) is 0 Å². The molecule has 0 spiro atoms. The lowest BCUT2D eigenvalue weighted by molar-refractivity contribution is -0.121. The summed E-state index contributed by atoms with van der Waals surface area (Å²) in [6.45, 7) is 6.58. The second kappa shape index (κ2) is 9.72. The number of nitrogens with zero attached hydrogens (tertiary/aromatic N) is 1. The number of benzene rings is 1. The number of rotatable bonds is 8. The first kappa shape index (κ1) is 23.1. The smallest absolute Gasteiger partial charge is 0.240 e. The Bertz CT molecular complexity index is 1120. The normalized spacial score (nSPS) is 12.0. The van der Waals surface area contributed by atoms with Gasteiger partial charge in [0, 0.05) is 37.5 Å². The molecule has 3 rings (SSSR count). The summed E-state index contributed by atoms with van der Waals surface area (Å²) >= 11 is 1.62. The Labute approximate surface area is 187 Å². The monoisotopic (exact) mass is 457 g/mol. The molecular formula is C23H27N3O3S2. The molecule has 0 aliphatic heterocycles. The van der Waals surface area contributed by atoms with Crippen LogP contribution in [-0.4, -0.2) is 25.9 Å². The van der Waals surface area contributed by atoms with E-state index in [0.717, 1.165) is 22.3 Å². The maximum atomic E-state index is 12.5. The molecule has 3 aromatic rings. The average Bonchev–Trinajstić information content (AvgIpc) is 3.27. The number of carbonyl (C=O) groups is 1. The van der Waals surface area contributed by atoms with E-state index in [1.165, 1.54) is 0 Å². The second-order valence-corrected chi connectivity index (χ2v) is 10.8. The first-order valence-electron chi connectivity index (χ1n) is 9.98. The van der Waals surface area contributed by atoms with Crippen LogP contribution in [-0.2, 0) is 26.8 Å². The molecule has 0 aliphatic carbocycles. The summed E-state index contributed by atoms with van der Waals surface area (Å²) < 4.78 is 27.4. The third kappa shape index (κ3) is 6.46. The predicted octanol–water partition coefficient (Wildman–Crippen LogP) is 4.09. The fourth-order valence-corrected chi connectivity index (χ4v) is 4.67. The molecular weight excluding hydrogens is 430 g/mol. The summed E-state index contributed by atoms with van der Waals surface area (Å²) in [6.07, 6.45) is 3.55. The zero-order valence-corrected chi connectivity index (χ0v) is 19.5. The van der Waals surface area contributed by atoms with Crippen molar-refractivity contribution in [2.75, 3.05) is 6.54 Å². The van der Waals surface area contributed by atoms with Crippen molar-refractivity contribution in [2.45, 2.75) is 44.0 Å². The summed E-state index contributed by atoms with van der Waals surface area (Å²) in [5, 5.41) is 6.86. The van der Waals surface area contributed by atoms with Crippen LogP contribution in [0.4, 0.5) is 0 Å². The Kier molecular flexibility index (Phi) is 7.25. The lowest BCUT2D eigenvalue weighted by Crippen LogP contribution is -2.30. The molecule has 2 N–H and O–H groups in total. The molecule has 0 bridgehead atoms. The lowest BCUT2D eigenvalue weighted by Gasteiger charge is -2.19. The number of thiophene rings is 1. The minimum atomic E-state index is -3.66. The van der Waals surface area contributed by atoms with Gasteiger partial charge in [-0.1, -0.05) is 32.9 Å². The van der Waals surface area contributed by atoms with Gasteiger partial charge in [-0.3, -0.25) is 9.78 Å². The van der Waals surface area contributed by atoms with Crippen LogP contribution in [0.5, 0.6) is 0 Å². The van der Waals surface area contributed by atoms with Gasteiger partial charge in [0.05, 0.1) is 4.90 Å². The molecule has 1 amide bonds. The Hall–Kier alpha value is -2.55. The molecule has 8 heteroatoms. The number of carbonyl (C=O) groups excluding carboxylic acids is 1. The summed E-state index contributed by atoms with van der Waals surface area (Å²) in [5.41, 5.74) is 3.99. The van der Waals surface area contributed by atoms with Gasteiger partial charge in [-0.15, -0.1) is 0 Å². The molecule has 6 nitrogen and oxygen atoms in total. The number of hydrogen-bond acceptors (Lipinski definition) is 5. The minimum Gasteiger partial charge on any atom is -0.352 e. The first-order chi connectivity index (χ1) is 14.6. The van der Waals surface area contributed by atoms with E-state index in [-0.39, 0.29) is 29.2 Å². The molecule has 1 aromatic carbocycles. The van der Waals surface area contributed by atoms with Crippen molar-refractivity contribution in [3.8, 4) is 11.1 Å². The van der Waals surface area contributed by atoms with E-state index in [1.807, 2.05) is 35.0 Å². The number of hydrogen-bond donors (Lipinski definition) is 2. The molecule has 0 atom stereocenters. The number of amides is 1. The topological polar surface area (TPSA) is 88.2 Å². The van der Waals surface area contributed by atoms with Gasteiger partial charge in [0.15, 0.2) is 0 Å². The fraction of sp³-hybridized carbons (Fsp3) is 0.304. The maximum Gasteiger partial charge on any atom is 0.240 e. The van der Waals surface area contributed by atoms with Crippen molar-refractivity contribution < 1.29 is 13.2 Å². The number of nitrogens with one attached hydrogen (secondary N) is 2. The SMILES string of the molecule is CC(C)(C)c1ccc(S(=O)(=O)NCCC(=O)NCc2cncc(-c3ccsc3)c2)cc1. The van der Waals surface area contributed by atoms with Crippen LogP contribution < -0.4 is 10.0 Å². The first-order valence-corrected chi connectivity index (χ1v) is 12.4. The quantitative estimate of drug-likeness (QED) is 0.533. The number of pyridine rings is 1. The third-order valence-electron chi connectivity index (χ3n) is 4.81. The Morgan fingerprint density at radius 2 is 1.81 bits per heavy atom. The molecule has 2 aromatic heterocycles. The Morgan fingerprint density at radius 1 is 1.06 bits per heavy atom. The fourth-order valence-electron chi connectivity index (χ4n) is 2.98. The van der Waals surface area contributed by atoms with E-state index in [1.54, 1.807) is 35.9 Å². The van der Waals surface area contributed by atoms with Crippen molar-refractivity contribution in [2.24, 2.45) is 0 Å². The van der Waals surface area contributed by atoms with E-state index < -0.39 is 10.0 Å². The van der Waals surface area contributed by atoms with Crippen LogP contribution in [0.15, 0.2) is 64.4 Å². The minimum absolute atomic E-state index is 0.0301. The highest BCUT2D eigenvalue weighted by atomic mass is 32.2. The van der Waals surface area contributed by atoms with Gasteiger partial charge in [0.25, 0.3) is 0 Å². The van der Waals surface area contributed by atoms with Crippen molar-refractivity contribution in [3.05, 3.63) is 70.7 Å². The van der Waals surface area contributed by atoms with Crippen LogP contribution in [0.1, 0.15) is 38.3 Å². The molecule has 2 heterocycles. The van der Waals surface area contributed by atoms with Gasteiger partial charge < -0.3 is 5.32 Å². The zero-order chi connectivity index (χ0) is 22.5. The molecule has 0 unspecified atom stereocenters. The van der Waals surface area contributed by atoms with Gasteiger partial charge in [-0.2, -0.15) is 11.3 Å². The van der Waals surface area contributed by atoms with Gasteiger partial charge in [-0.05, 0) is 57.1 Å². The predicted molar refractivity (Wildman–Crippen MR) is 124 cm³/mol.